The lowest BCUT2D eigenvalue weighted by atomic mass is 10.1. The molecule has 2 rings (SSSR count). The summed E-state index contributed by atoms with van der Waals surface area (Å²) in [5.74, 6) is 1.20. The summed E-state index contributed by atoms with van der Waals surface area (Å²) in [7, 11) is 1.61. The van der Waals surface area contributed by atoms with Crippen LogP contribution in [0.2, 0.25) is 0 Å². The lowest BCUT2D eigenvalue weighted by Crippen LogP contribution is -2.39. The predicted octanol–water partition coefficient (Wildman–Crippen LogP) is 2.59. The molecule has 1 amide bonds. The molecule has 0 heterocycles. The third-order valence-electron chi connectivity index (χ3n) is 3.66. The SMILES string of the molecule is COc1cccc(OC(C)CNC(=O)C(N)c2ccc(C)cc2)c1. The largest absolute Gasteiger partial charge is 0.497 e. The number of amides is 1. The lowest BCUT2D eigenvalue weighted by Gasteiger charge is -2.18. The zero-order valence-electron chi connectivity index (χ0n) is 14.3. The number of nitrogens with two attached hydrogens (primary N) is 1. The Morgan fingerprint density at radius 2 is 1.83 bits per heavy atom. The van der Waals surface area contributed by atoms with Crippen molar-refractivity contribution in [2.75, 3.05) is 13.7 Å². The van der Waals surface area contributed by atoms with E-state index in [4.69, 9.17) is 15.2 Å². The van der Waals surface area contributed by atoms with Crippen LogP contribution in [0.4, 0.5) is 0 Å². The van der Waals surface area contributed by atoms with Crippen molar-refractivity contribution in [3.05, 3.63) is 59.7 Å². The molecule has 2 atom stereocenters. The van der Waals surface area contributed by atoms with Gasteiger partial charge in [0.25, 0.3) is 0 Å². The minimum Gasteiger partial charge on any atom is -0.497 e. The van der Waals surface area contributed by atoms with Gasteiger partial charge < -0.3 is 20.5 Å². The minimum absolute atomic E-state index is 0.189. The molecule has 0 radical (unpaired) electrons. The fourth-order valence-electron chi connectivity index (χ4n) is 2.23. The summed E-state index contributed by atoms with van der Waals surface area (Å²) >= 11 is 0. The van der Waals surface area contributed by atoms with E-state index >= 15 is 0 Å². The average molecular weight is 328 g/mol. The summed E-state index contributed by atoms with van der Waals surface area (Å²) in [6, 6.07) is 14.3. The highest BCUT2D eigenvalue weighted by atomic mass is 16.5. The maximum atomic E-state index is 12.2. The van der Waals surface area contributed by atoms with Gasteiger partial charge in [-0.25, -0.2) is 0 Å². The van der Waals surface area contributed by atoms with E-state index in [1.54, 1.807) is 13.2 Å². The highest BCUT2D eigenvalue weighted by Gasteiger charge is 2.16. The van der Waals surface area contributed by atoms with Crippen LogP contribution in [0.5, 0.6) is 11.5 Å². The quantitative estimate of drug-likeness (QED) is 0.819. The summed E-state index contributed by atoms with van der Waals surface area (Å²) in [6.45, 7) is 4.25. The van der Waals surface area contributed by atoms with Crippen LogP contribution in [0.3, 0.4) is 0 Å². The molecule has 0 aliphatic rings. The van der Waals surface area contributed by atoms with E-state index in [1.807, 2.05) is 56.3 Å². The molecule has 0 aromatic heterocycles. The van der Waals surface area contributed by atoms with Crippen LogP contribution in [0.1, 0.15) is 24.1 Å². The Kier molecular flexibility index (Phi) is 6.21. The molecule has 128 valence electrons. The molecule has 2 aromatic carbocycles. The van der Waals surface area contributed by atoms with E-state index in [1.165, 1.54) is 0 Å². The lowest BCUT2D eigenvalue weighted by molar-refractivity contribution is -0.122. The van der Waals surface area contributed by atoms with Gasteiger partial charge in [-0.1, -0.05) is 35.9 Å². The van der Waals surface area contributed by atoms with Crippen molar-refractivity contribution in [3.8, 4) is 11.5 Å². The first-order valence-corrected chi connectivity index (χ1v) is 7.90. The molecular weight excluding hydrogens is 304 g/mol. The highest BCUT2D eigenvalue weighted by molar-refractivity contribution is 5.82. The number of carbonyl (C=O) groups is 1. The van der Waals surface area contributed by atoms with Gasteiger partial charge in [-0.15, -0.1) is 0 Å². The van der Waals surface area contributed by atoms with E-state index in [0.29, 0.717) is 12.3 Å². The zero-order chi connectivity index (χ0) is 17.5. The van der Waals surface area contributed by atoms with Gasteiger partial charge >= 0.3 is 0 Å². The van der Waals surface area contributed by atoms with Gasteiger partial charge in [0.1, 0.15) is 23.6 Å². The molecule has 0 aliphatic heterocycles. The van der Waals surface area contributed by atoms with E-state index in [0.717, 1.165) is 16.9 Å². The molecule has 0 fully saturated rings. The molecule has 2 unspecified atom stereocenters. The van der Waals surface area contributed by atoms with E-state index in [2.05, 4.69) is 5.32 Å². The van der Waals surface area contributed by atoms with Gasteiger partial charge in [-0.3, -0.25) is 4.79 Å². The van der Waals surface area contributed by atoms with Gasteiger partial charge in [-0.05, 0) is 31.5 Å². The van der Waals surface area contributed by atoms with Crippen LogP contribution in [0, 0.1) is 6.92 Å². The van der Waals surface area contributed by atoms with Crippen molar-refractivity contribution in [1.29, 1.82) is 0 Å². The van der Waals surface area contributed by atoms with E-state index in [-0.39, 0.29) is 12.0 Å². The second-order valence-corrected chi connectivity index (χ2v) is 5.74. The minimum atomic E-state index is -0.686. The molecule has 0 saturated carbocycles. The average Bonchev–Trinajstić information content (AvgIpc) is 2.60. The number of hydrogen-bond donors (Lipinski definition) is 2. The Morgan fingerprint density at radius 1 is 1.17 bits per heavy atom. The summed E-state index contributed by atoms with van der Waals surface area (Å²) in [5.41, 5.74) is 7.92. The van der Waals surface area contributed by atoms with Crippen molar-refractivity contribution >= 4 is 5.91 Å². The Labute approximate surface area is 142 Å². The van der Waals surface area contributed by atoms with Crippen LogP contribution < -0.4 is 20.5 Å². The number of hydrogen-bond acceptors (Lipinski definition) is 4. The zero-order valence-corrected chi connectivity index (χ0v) is 14.3. The monoisotopic (exact) mass is 328 g/mol. The molecule has 0 saturated heterocycles. The molecule has 24 heavy (non-hydrogen) atoms. The van der Waals surface area contributed by atoms with Crippen molar-refractivity contribution in [3.63, 3.8) is 0 Å². The normalized spacial score (nSPS) is 13.0. The summed E-state index contributed by atoms with van der Waals surface area (Å²) in [5, 5.41) is 2.82. The maximum Gasteiger partial charge on any atom is 0.241 e. The number of methoxy groups -OCH3 is 1. The number of carbonyl (C=O) groups excluding carboxylic acids is 1. The Hall–Kier alpha value is -2.53. The third-order valence-corrected chi connectivity index (χ3v) is 3.66. The van der Waals surface area contributed by atoms with Crippen LogP contribution in [0.25, 0.3) is 0 Å². The van der Waals surface area contributed by atoms with Gasteiger partial charge in [-0.2, -0.15) is 0 Å². The van der Waals surface area contributed by atoms with Crippen molar-refractivity contribution in [2.45, 2.75) is 26.0 Å². The summed E-state index contributed by atoms with van der Waals surface area (Å²) < 4.78 is 10.9. The number of rotatable bonds is 7. The fraction of sp³-hybridized carbons (Fsp3) is 0.316. The Morgan fingerprint density at radius 3 is 2.50 bits per heavy atom. The molecule has 2 aromatic rings. The molecule has 0 spiro atoms. The molecule has 5 heteroatoms. The standard InChI is InChI=1S/C19H24N2O3/c1-13-7-9-15(10-8-13)18(20)19(22)21-12-14(2)24-17-6-4-5-16(11-17)23-3/h4-11,14,18H,12,20H2,1-3H3,(H,21,22). The topological polar surface area (TPSA) is 73.6 Å². The van der Waals surface area contributed by atoms with Crippen LogP contribution >= 0.6 is 0 Å². The smallest absolute Gasteiger partial charge is 0.241 e. The van der Waals surface area contributed by atoms with Crippen molar-refractivity contribution in [2.24, 2.45) is 5.73 Å². The van der Waals surface area contributed by atoms with Crippen molar-refractivity contribution in [1.82, 2.24) is 5.32 Å². The first-order valence-electron chi connectivity index (χ1n) is 7.90. The molecule has 0 bridgehead atoms. The Bertz CT molecular complexity index is 671. The third kappa shape index (κ3) is 4.99. The molecule has 3 N–H and O–H groups in total. The number of aryl methyl sites for hydroxylation is 1. The number of ether oxygens (including phenoxy) is 2. The van der Waals surface area contributed by atoms with Gasteiger partial charge in [0.05, 0.1) is 13.7 Å². The molecular formula is C19H24N2O3. The van der Waals surface area contributed by atoms with Crippen LogP contribution in [-0.4, -0.2) is 25.7 Å². The van der Waals surface area contributed by atoms with Crippen LogP contribution in [0.15, 0.2) is 48.5 Å². The molecule has 0 aliphatic carbocycles. The van der Waals surface area contributed by atoms with E-state index in [9.17, 15) is 4.79 Å². The van der Waals surface area contributed by atoms with E-state index < -0.39 is 6.04 Å². The Balaban J connectivity index is 1.85. The first kappa shape index (κ1) is 17.8. The van der Waals surface area contributed by atoms with Crippen LogP contribution in [-0.2, 0) is 4.79 Å². The summed E-state index contributed by atoms with van der Waals surface area (Å²) in [4.78, 5) is 12.2. The molecule has 5 nitrogen and oxygen atoms in total. The predicted molar refractivity (Wildman–Crippen MR) is 94.2 cm³/mol. The highest BCUT2D eigenvalue weighted by Crippen LogP contribution is 2.19. The fourth-order valence-corrected chi connectivity index (χ4v) is 2.23. The number of nitrogens with one attached hydrogen (secondary N) is 1. The summed E-state index contributed by atoms with van der Waals surface area (Å²) in [6.07, 6.45) is -0.189. The first-order chi connectivity index (χ1) is 11.5. The van der Waals surface area contributed by atoms with Gasteiger partial charge in [0, 0.05) is 6.07 Å². The van der Waals surface area contributed by atoms with Gasteiger partial charge in [0.15, 0.2) is 0 Å². The maximum absolute atomic E-state index is 12.2. The van der Waals surface area contributed by atoms with Gasteiger partial charge in [0.2, 0.25) is 5.91 Å². The number of benzene rings is 2. The second kappa shape index (κ2) is 8.36. The van der Waals surface area contributed by atoms with Crippen molar-refractivity contribution < 1.29 is 14.3 Å². The second-order valence-electron chi connectivity index (χ2n) is 5.74.